The molecular weight excluding hydrogens is 372 g/mol. The summed E-state index contributed by atoms with van der Waals surface area (Å²) < 4.78 is 10.3. The third kappa shape index (κ3) is 5.35. The van der Waals surface area contributed by atoms with Gasteiger partial charge >= 0.3 is 6.09 Å². The molecule has 3 rings (SSSR count). The van der Waals surface area contributed by atoms with Crippen molar-refractivity contribution in [2.24, 2.45) is 0 Å². The maximum Gasteiger partial charge on any atom is 0.409 e. The minimum atomic E-state index is -0.301. The highest BCUT2D eigenvalue weighted by Gasteiger charge is 2.24. The third-order valence-electron chi connectivity index (χ3n) is 4.98. The largest absolute Gasteiger partial charge is 0.450 e. The Morgan fingerprint density at radius 2 is 1.86 bits per heavy atom. The predicted molar refractivity (Wildman–Crippen MR) is 110 cm³/mol. The van der Waals surface area contributed by atoms with E-state index in [0.717, 1.165) is 6.42 Å². The smallest absolute Gasteiger partial charge is 0.409 e. The van der Waals surface area contributed by atoms with Crippen molar-refractivity contribution in [1.82, 2.24) is 14.9 Å². The molecule has 1 N–H and O–H groups in total. The number of amides is 1. The number of rotatable bonds is 7. The molecule has 1 aliphatic rings. The zero-order valence-corrected chi connectivity index (χ0v) is 17.0. The molecule has 2 heterocycles. The first-order valence-electron chi connectivity index (χ1n) is 9.94. The Labute approximate surface area is 170 Å². The van der Waals surface area contributed by atoms with Crippen LogP contribution in [0.25, 0.3) is 0 Å². The molecule has 0 bridgehead atoms. The van der Waals surface area contributed by atoms with E-state index < -0.39 is 0 Å². The van der Waals surface area contributed by atoms with Gasteiger partial charge in [0.2, 0.25) is 5.95 Å². The second-order valence-corrected chi connectivity index (χ2v) is 6.91. The molecule has 0 aliphatic carbocycles. The van der Waals surface area contributed by atoms with Crippen LogP contribution in [-0.4, -0.2) is 60.9 Å². The molecule has 1 amide bonds. The van der Waals surface area contributed by atoms with Gasteiger partial charge in [0.1, 0.15) is 0 Å². The molecule has 0 spiro atoms. The van der Waals surface area contributed by atoms with Crippen molar-refractivity contribution in [3.63, 3.8) is 0 Å². The number of nitrogens with one attached hydrogen (secondary N) is 1. The fourth-order valence-electron chi connectivity index (χ4n) is 3.42. The van der Waals surface area contributed by atoms with E-state index in [4.69, 9.17) is 9.47 Å². The van der Waals surface area contributed by atoms with Crippen LogP contribution in [-0.2, 0) is 28.9 Å². The first kappa shape index (κ1) is 20.9. The molecule has 29 heavy (non-hydrogen) atoms. The highest BCUT2D eigenvalue weighted by molar-refractivity contribution is 5.68. The number of methoxy groups -OCH3 is 1. The fourth-order valence-corrected chi connectivity index (χ4v) is 3.42. The van der Waals surface area contributed by atoms with Gasteiger partial charge in [-0.3, -0.25) is 9.78 Å². The topological polar surface area (TPSA) is 87.8 Å². The van der Waals surface area contributed by atoms with E-state index in [2.05, 4.69) is 22.1 Å². The summed E-state index contributed by atoms with van der Waals surface area (Å²) in [6.45, 7) is 4.65. The van der Waals surface area contributed by atoms with Gasteiger partial charge in [0.25, 0.3) is 5.56 Å². The molecule has 156 valence electrons. The Kier molecular flexibility index (Phi) is 7.24. The SMILES string of the molecule is CCOC(=O)N1CCN(c2nc(COC)c(CCc3ccccc3)c(=O)[nH]2)CC1. The molecule has 0 unspecified atom stereocenters. The number of anilines is 1. The Bertz CT molecular complexity index is 861. The minimum absolute atomic E-state index is 0.134. The van der Waals surface area contributed by atoms with Gasteiger partial charge in [-0.2, -0.15) is 0 Å². The summed E-state index contributed by atoms with van der Waals surface area (Å²) in [7, 11) is 1.60. The van der Waals surface area contributed by atoms with E-state index in [1.807, 2.05) is 23.1 Å². The maximum absolute atomic E-state index is 12.8. The molecule has 0 atom stereocenters. The molecule has 2 aromatic rings. The quantitative estimate of drug-likeness (QED) is 0.765. The molecule has 0 saturated carbocycles. The number of ether oxygens (including phenoxy) is 2. The second kappa shape index (κ2) is 10.1. The molecule has 0 radical (unpaired) electrons. The van der Waals surface area contributed by atoms with Crippen LogP contribution in [0.2, 0.25) is 0 Å². The molecule has 1 aromatic heterocycles. The van der Waals surface area contributed by atoms with E-state index in [9.17, 15) is 9.59 Å². The Hall–Kier alpha value is -2.87. The summed E-state index contributed by atoms with van der Waals surface area (Å²) in [5, 5.41) is 0. The van der Waals surface area contributed by atoms with E-state index in [0.29, 0.717) is 56.4 Å². The van der Waals surface area contributed by atoms with Crippen LogP contribution in [0, 0.1) is 0 Å². The number of aromatic nitrogens is 2. The number of nitrogens with zero attached hydrogens (tertiary/aromatic N) is 3. The third-order valence-corrected chi connectivity index (χ3v) is 4.98. The maximum atomic E-state index is 12.8. The number of H-pyrrole nitrogens is 1. The number of piperazine rings is 1. The summed E-state index contributed by atoms with van der Waals surface area (Å²) in [5.41, 5.74) is 2.36. The normalized spacial score (nSPS) is 14.1. The summed E-state index contributed by atoms with van der Waals surface area (Å²) in [6, 6.07) is 10.1. The van der Waals surface area contributed by atoms with E-state index in [-0.39, 0.29) is 18.3 Å². The van der Waals surface area contributed by atoms with E-state index in [1.54, 1.807) is 18.9 Å². The van der Waals surface area contributed by atoms with Gasteiger partial charge in [-0.25, -0.2) is 9.78 Å². The van der Waals surface area contributed by atoms with Crippen molar-refractivity contribution < 1.29 is 14.3 Å². The lowest BCUT2D eigenvalue weighted by molar-refractivity contribution is 0.105. The van der Waals surface area contributed by atoms with Gasteiger partial charge in [0.05, 0.1) is 18.9 Å². The molecule has 1 saturated heterocycles. The van der Waals surface area contributed by atoms with Crippen LogP contribution in [0.5, 0.6) is 0 Å². The van der Waals surface area contributed by atoms with Gasteiger partial charge in [-0.05, 0) is 25.3 Å². The number of carbonyl (C=O) groups is 1. The minimum Gasteiger partial charge on any atom is -0.450 e. The zero-order chi connectivity index (χ0) is 20.6. The lowest BCUT2D eigenvalue weighted by atomic mass is 10.0. The van der Waals surface area contributed by atoms with Gasteiger partial charge in [0.15, 0.2) is 0 Å². The highest BCUT2D eigenvalue weighted by atomic mass is 16.6. The molecule has 1 fully saturated rings. The molecule has 1 aliphatic heterocycles. The van der Waals surface area contributed by atoms with Crippen LogP contribution >= 0.6 is 0 Å². The van der Waals surface area contributed by atoms with Crippen molar-refractivity contribution in [2.75, 3.05) is 44.8 Å². The Morgan fingerprint density at radius 3 is 2.52 bits per heavy atom. The van der Waals surface area contributed by atoms with E-state index in [1.165, 1.54) is 5.56 Å². The van der Waals surface area contributed by atoms with Crippen LogP contribution in [0.1, 0.15) is 23.7 Å². The number of benzene rings is 1. The van der Waals surface area contributed by atoms with Crippen LogP contribution in [0.15, 0.2) is 35.1 Å². The zero-order valence-electron chi connectivity index (χ0n) is 17.0. The highest BCUT2D eigenvalue weighted by Crippen LogP contribution is 2.15. The first-order chi connectivity index (χ1) is 14.1. The predicted octanol–water partition coefficient (Wildman–Crippen LogP) is 1.98. The number of carbonyl (C=O) groups excluding carboxylic acids is 1. The molecule has 8 nitrogen and oxygen atoms in total. The number of hydrogen-bond donors (Lipinski definition) is 1. The summed E-state index contributed by atoms with van der Waals surface area (Å²) in [4.78, 5) is 35.9. The van der Waals surface area contributed by atoms with Crippen molar-refractivity contribution in [1.29, 1.82) is 0 Å². The first-order valence-corrected chi connectivity index (χ1v) is 9.94. The van der Waals surface area contributed by atoms with Crippen molar-refractivity contribution in [3.8, 4) is 0 Å². The lowest BCUT2D eigenvalue weighted by Crippen LogP contribution is -2.49. The Morgan fingerprint density at radius 1 is 1.14 bits per heavy atom. The lowest BCUT2D eigenvalue weighted by Gasteiger charge is -2.34. The average molecular weight is 400 g/mol. The Balaban J connectivity index is 1.72. The monoisotopic (exact) mass is 400 g/mol. The van der Waals surface area contributed by atoms with Gasteiger partial charge < -0.3 is 19.3 Å². The van der Waals surface area contributed by atoms with Crippen LogP contribution < -0.4 is 10.5 Å². The van der Waals surface area contributed by atoms with E-state index >= 15 is 0 Å². The number of aromatic amines is 1. The van der Waals surface area contributed by atoms with Crippen LogP contribution in [0.3, 0.4) is 0 Å². The van der Waals surface area contributed by atoms with Crippen molar-refractivity contribution in [3.05, 3.63) is 57.5 Å². The van der Waals surface area contributed by atoms with Crippen molar-refractivity contribution >= 4 is 12.0 Å². The molecular formula is C21H28N4O4. The second-order valence-electron chi connectivity index (χ2n) is 6.91. The van der Waals surface area contributed by atoms with Gasteiger partial charge in [-0.15, -0.1) is 0 Å². The summed E-state index contributed by atoms with van der Waals surface area (Å²) in [6.07, 6.45) is 1.06. The van der Waals surface area contributed by atoms with Crippen molar-refractivity contribution in [2.45, 2.75) is 26.4 Å². The molecule has 8 heteroatoms. The van der Waals surface area contributed by atoms with Crippen LogP contribution in [0.4, 0.5) is 10.7 Å². The number of aryl methyl sites for hydroxylation is 1. The fraction of sp³-hybridized carbons (Fsp3) is 0.476. The standard InChI is InChI=1S/C21H28N4O4/c1-3-29-21(27)25-13-11-24(12-14-25)20-22-18(15-28-2)17(19(26)23-20)10-9-16-7-5-4-6-8-16/h4-8H,3,9-15H2,1-2H3,(H,22,23,26). The summed E-state index contributed by atoms with van der Waals surface area (Å²) in [5.74, 6) is 0.522. The average Bonchev–Trinajstić information content (AvgIpc) is 2.74. The van der Waals surface area contributed by atoms with Gasteiger partial charge in [-0.1, -0.05) is 30.3 Å². The molecule has 1 aromatic carbocycles. The van der Waals surface area contributed by atoms with Gasteiger partial charge in [0, 0.05) is 38.9 Å². The number of hydrogen-bond acceptors (Lipinski definition) is 6. The summed E-state index contributed by atoms with van der Waals surface area (Å²) >= 11 is 0.